The van der Waals surface area contributed by atoms with Gasteiger partial charge in [0.1, 0.15) is 5.75 Å². The zero-order chi connectivity index (χ0) is 15.2. The molecule has 110 valence electrons. The topological polar surface area (TPSA) is 35.5 Å². The van der Waals surface area contributed by atoms with Crippen LogP contribution >= 0.6 is 0 Å². The first kappa shape index (κ1) is 15.0. The maximum atomic E-state index is 13.5. The molecule has 0 aromatic heterocycles. The summed E-state index contributed by atoms with van der Waals surface area (Å²) >= 11 is 0. The summed E-state index contributed by atoms with van der Waals surface area (Å²) in [6.07, 6.45) is 0. The van der Waals surface area contributed by atoms with Gasteiger partial charge in [0, 0.05) is 5.56 Å². The molecule has 0 aliphatic rings. The van der Waals surface area contributed by atoms with E-state index in [9.17, 15) is 9.18 Å². The first-order valence-electron chi connectivity index (χ1n) is 6.75. The number of ether oxygens (including phenoxy) is 2. The Morgan fingerprint density at radius 1 is 1.10 bits per heavy atom. The molecule has 2 aromatic rings. The van der Waals surface area contributed by atoms with E-state index in [0.717, 1.165) is 5.56 Å². The Hall–Kier alpha value is -2.36. The van der Waals surface area contributed by atoms with E-state index in [0.29, 0.717) is 17.9 Å². The normalized spacial score (nSPS) is 10.2. The molecular formula is C17H17FO3. The van der Waals surface area contributed by atoms with E-state index in [4.69, 9.17) is 9.47 Å². The molecule has 0 aliphatic heterocycles. The highest BCUT2D eigenvalue weighted by atomic mass is 19.1. The van der Waals surface area contributed by atoms with Gasteiger partial charge in [-0.25, -0.2) is 4.39 Å². The highest BCUT2D eigenvalue weighted by Crippen LogP contribution is 2.19. The van der Waals surface area contributed by atoms with Crippen LogP contribution in [-0.4, -0.2) is 19.0 Å². The van der Waals surface area contributed by atoms with Crippen LogP contribution in [0.15, 0.2) is 42.5 Å². The second-order valence-corrected chi connectivity index (χ2v) is 4.60. The molecule has 0 N–H and O–H groups in total. The van der Waals surface area contributed by atoms with E-state index in [2.05, 4.69) is 0 Å². The van der Waals surface area contributed by atoms with Gasteiger partial charge in [-0.1, -0.05) is 6.07 Å². The van der Waals surface area contributed by atoms with Crippen molar-refractivity contribution in [2.24, 2.45) is 0 Å². The number of carbonyl (C=O) groups excluding carboxylic acids is 1. The lowest BCUT2D eigenvalue weighted by Crippen LogP contribution is -2.12. The fraction of sp³-hybridized carbons (Fsp3) is 0.235. The van der Waals surface area contributed by atoms with Gasteiger partial charge in [0.25, 0.3) is 0 Å². The van der Waals surface area contributed by atoms with Crippen molar-refractivity contribution in [3.8, 4) is 11.5 Å². The van der Waals surface area contributed by atoms with Crippen molar-refractivity contribution >= 4 is 5.78 Å². The van der Waals surface area contributed by atoms with Crippen molar-refractivity contribution in [2.75, 3.05) is 13.2 Å². The summed E-state index contributed by atoms with van der Waals surface area (Å²) in [5.41, 5.74) is 1.38. The van der Waals surface area contributed by atoms with Gasteiger partial charge < -0.3 is 9.47 Å². The molecule has 0 unspecified atom stereocenters. The molecular weight excluding hydrogens is 271 g/mol. The van der Waals surface area contributed by atoms with Crippen LogP contribution in [0.5, 0.6) is 11.5 Å². The summed E-state index contributed by atoms with van der Waals surface area (Å²) < 4.78 is 24.1. The summed E-state index contributed by atoms with van der Waals surface area (Å²) in [6.45, 7) is 4.10. The van der Waals surface area contributed by atoms with Crippen LogP contribution < -0.4 is 9.47 Å². The average Bonchev–Trinajstić information content (AvgIpc) is 2.49. The van der Waals surface area contributed by atoms with E-state index in [-0.39, 0.29) is 18.1 Å². The molecule has 0 atom stereocenters. The SMILES string of the molecule is CCOc1ccc(C(=O)COc2cc(C)ccc2F)cc1. The molecule has 0 heterocycles. The second kappa shape index (κ2) is 6.88. The van der Waals surface area contributed by atoms with E-state index >= 15 is 0 Å². The molecule has 0 spiro atoms. The maximum Gasteiger partial charge on any atom is 0.200 e. The van der Waals surface area contributed by atoms with Crippen LogP contribution in [0.1, 0.15) is 22.8 Å². The number of Topliss-reactive ketones (excluding diaryl/α,β-unsaturated/α-hetero) is 1. The molecule has 2 rings (SSSR count). The van der Waals surface area contributed by atoms with Crippen LogP contribution in [-0.2, 0) is 0 Å². The lowest BCUT2D eigenvalue weighted by molar-refractivity contribution is 0.0918. The fourth-order valence-electron chi connectivity index (χ4n) is 1.85. The molecule has 0 amide bonds. The number of hydrogen-bond acceptors (Lipinski definition) is 3. The predicted molar refractivity (Wildman–Crippen MR) is 78.6 cm³/mol. The van der Waals surface area contributed by atoms with Crippen molar-refractivity contribution in [1.82, 2.24) is 0 Å². The molecule has 4 heteroatoms. The minimum atomic E-state index is -0.472. The highest BCUT2D eigenvalue weighted by molar-refractivity contribution is 5.97. The Kier molecular flexibility index (Phi) is 4.93. The lowest BCUT2D eigenvalue weighted by atomic mass is 10.1. The van der Waals surface area contributed by atoms with Gasteiger partial charge in [0.15, 0.2) is 24.0 Å². The quantitative estimate of drug-likeness (QED) is 0.759. The van der Waals surface area contributed by atoms with Gasteiger partial charge in [-0.2, -0.15) is 0 Å². The number of carbonyl (C=O) groups is 1. The number of benzene rings is 2. The van der Waals surface area contributed by atoms with E-state index in [1.54, 1.807) is 36.4 Å². The van der Waals surface area contributed by atoms with Crippen LogP contribution in [0.2, 0.25) is 0 Å². The van der Waals surface area contributed by atoms with Crippen molar-refractivity contribution in [3.05, 3.63) is 59.4 Å². The molecule has 0 radical (unpaired) electrons. The molecule has 3 nitrogen and oxygen atoms in total. The summed E-state index contributed by atoms with van der Waals surface area (Å²) in [6, 6.07) is 11.3. The zero-order valence-electron chi connectivity index (χ0n) is 12.1. The lowest BCUT2D eigenvalue weighted by Gasteiger charge is -2.08. The Morgan fingerprint density at radius 2 is 1.81 bits per heavy atom. The van der Waals surface area contributed by atoms with Gasteiger partial charge in [-0.05, 0) is 55.8 Å². The van der Waals surface area contributed by atoms with Crippen LogP contribution in [0.3, 0.4) is 0 Å². The first-order valence-corrected chi connectivity index (χ1v) is 6.75. The number of aryl methyl sites for hydroxylation is 1. The second-order valence-electron chi connectivity index (χ2n) is 4.60. The van der Waals surface area contributed by atoms with E-state index in [1.165, 1.54) is 6.07 Å². The monoisotopic (exact) mass is 288 g/mol. The first-order chi connectivity index (χ1) is 10.1. The van der Waals surface area contributed by atoms with Gasteiger partial charge >= 0.3 is 0 Å². The predicted octanol–water partition coefficient (Wildman–Crippen LogP) is 3.79. The molecule has 0 aliphatic carbocycles. The number of ketones is 1. The molecule has 0 saturated carbocycles. The van der Waals surface area contributed by atoms with Gasteiger partial charge in [0.05, 0.1) is 6.61 Å². The van der Waals surface area contributed by atoms with Gasteiger partial charge in [-0.15, -0.1) is 0 Å². The van der Waals surface area contributed by atoms with Crippen molar-refractivity contribution < 1.29 is 18.7 Å². The zero-order valence-corrected chi connectivity index (χ0v) is 12.1. The molecule has 0 fully saturated rings. The van der Waals surface area contributed by atoms with E-state index in [1.807, 2.05) is 13.8 Å². The standard InChI is InChI=1S/C17H17FO3/c1-3-20-14-7-5-13(6-8-14)16(19)11-21-17-10-12(2)4-9-15(17)18/h4-10H,3,11H2,1-2H3. The largest absolute Gasteiger partial charge is 0.494 e. The van der Waals surface area contributed by atoms with Crippen LogP contribution in [0.4, 0.5) is 4.39 Å². The summed E-state index contributed by atoms with van der Waals surface area (Å²) in [5.74, 6) is 0.119. The highest BCUT2D eigenvalue weighted by Gasteiger charge is 2.09. The van der Waals surface area contributed by atoms with Crippen LogP contribution in [0.25, 0.3) is 0 Å². The third-order valence-electron chi connectivity index (χ3n) is 2.93. The Bertz CT molecular complexity index is 620. The average molecular weight is 288 g/mol. The van der Waals surface area contributed by atoms with Crippen molar-refractivity contribution in [2.45, 2.75) is 13.8 Å². The van der Waals surface area contributed by atoms with Gasteiger partial charge in [-0.3, -0.25) is 4.79 Å². The molecule has 0 bridgehead atoms. The summed E-state index contributed by atoms with van der Waals surface area (Å²) in [5, 5.41) is 0. The maximum absolute atomic E-state index is 13.5. The number of hydrogen-bond donors (Lipinski definition) is 0. The smallest absolute Gasteiger partial charge is 0.200 e. The Balaban J connectivity index is 1.99. The minimum absolute atomic E-state index is 0.0919. The third kappa shape index (κ3) is 4.05. The summed E-state index contributed by atoms with van der Waals surface area (Å²) in [4.78, 5) is 12.0. The van der Waals surface area contributed by atoms with Crippen molar-refractivity contribution in [3.63, 3.8) is 0 Å². The Morgan fingerprint density at radius 3 is 2.48 bits per heavy atom. The van der Waals surface area contributed by atoms with E-state index < -0.39 is 5.82 Å². The molecule has 21 heavy (non-hydrogen) atoms. The summed E-state index contributed by atoms with van der Waals surface area (Å²) in [7, 11) is 0. The number of halogens is 1. The molecule has 2 aromatic carbocycles. The minimum Gasteiger partial charge on any atom is -0.494 e. The van der Waals surface area contributed by atoms with Crippen LogP contribution in [0, 0.1) is 12.7 Å². The third-order valence-corrected chi connectivity index (χ3v) is 2.93. The fourth-order valence-corrected chi connectivity index (χ4v) is 1.85. The van der Waals surface area contributed by atoms with Gasteiger partial charge in [0.2, 0.25) is 0 Å². The Labute approximate surface area is 123 Å². The number of rotatable bonds is 6. The molecule has 0 saturated heterocycles. The van der Waals surface area contributed by atoms with Crippen molar-refractivity contribution in [1.29, 1.82) is 0 Å².